The number of piperidine rings is 1. The maximum Gasteiger partial charge on any atom is 0.174 e. The fourth-order valence-electron chi connectivity index (χ4n) is 8.53. The number of Topliss-reactive ketones (excluding diaryl/α,β-unsaturated/α-hetero) is 1. The Morgan fingerprint density at radius 3 is 2.72 bits per heavy atom. The van der Waals surface area contributed by atoms with Gasteiger partial charge in [-0.2, -0.15) is 0 Å². The second-order valence-corrected chi connectivity index (χ2v) is 12.2. The number of hydrogen-bond acceptors (Lipinski definition) is 4. The SMILES string of the molecule is COc1ccc2c3c1OC1C(=O)CCC4(OCCCc5ccccc5)C(C2)[N+](C)(CC2CC2)CC[C@]314. The zero-order chi connectivity index (χ0) is 24.5. The van der Waals surface area contributed by atoms with Crippen molar-refractivity contribution in [1.29, 1.82) is 0 Å². The van der Waals surface area contributed by atoms with Crippen LogP contribution in [0.3, 0.4) is 0 Å². The number of ketones is 1. The summed E-state index contributed by atoms with van der Waals surface area (Å²) in [6.45, 7) is 3.03. The van der Waals surface area contributed by atoms with Crippen LogP contribution in [0.4, 0.5) is 0 Å². The van der Waals surface area contributed by atoms with Crippen LogP contribution in [0.2, 0.25) is 0 Å². The lowest BCUT2D eigenvalue weighted by molar-refractivity contribution is -0.950. The van der Waals surface area contributed by atoms with Gasteiger partial charge in [0.2, 0.25) is 0 Å². The van der Waals surface area contributed by atoms with Gasteiger partial charge in [-0.3, -0.25) is 4.79 Å². The highest BCUT2D eigenvalue weighted by molar-refractivity contribution is 5.90. The maximum absolute atomic E-state index is 13.5. The van der Waals surface area contributed by atoms with Gasteiger partial charge in [-0.25, -0.2) is 0 Å². The molecule has 2 aliphatic heterocycles. The van der Waals surface area contributed by atoms with Crippen molar-refractivity contribution in [1.82, 2.24) is 0 Å². The van der Waals surface area contributed by atoms with E-state index in [1.54, 1.807) is 7.11 Å². The van der Waals surface area contributed by atoms with Gasteiger partial charge in [0.15, 0.2) is 23.4 Å². The third-order valence-corrected chi connectivity index (χ3v) is 10.3. The number of hydrogen-bond donors (Lipinski definition) is 0. The minimum atomic E-state index is -0.456. The highest BCUT2D eigenvalue weighted by Crippen LogP contribution is 2.67. The summed E-state index contributed by atoms with van der Waals surface area (Å²) in [5, 5.41) is 0. The van der Waals surface area contributed by atoms with E-state index >= 15 is 0 Å². The van der Waals surface area contributed by atoms with E-state index < -0.39 is 11.5 Å². The highest BCUT2D eigenvalue weighted by atomic mass is 16.5. The molecule has 5 heteroatoms. The minimum Gasteiger partial charge on any atom is -0.493 e. The maximum atomic E-state index is 13.5. The summed E-state index contributed by atoms with van der Waals surface area (Å²) in [7, 11) is 4.17. The molecule has 5 aliphatic rings. The molecule has 2 heterocycles. The van der Waals surface area contributed by atoms with Crippen molar-refractivity contribution in [2.45, 2.75) is 74.5 Å². The number of carbonyl (C=O) groups excluding carboxylic acids is 1. The standard InChI is InChI=1S/C31H38NO4/c1-32(20-22-10-11-22)17-16-30-27-23-12-13-25(34-2)28(27)36-29(30)24(33)14-15-31(30,26(32)19-23)35-18-6-9-21-7-4-3-5-8-21/h3-5,7-8,12-13,22,26,29H,6,9-11,14-20H2,1-2H3/q+1/t26?,29?,30-,31?,32?/m0/s1. The molecule has 2 aromatic rings. The molecule has 5 nitrogen and oxygen atoms in total. The van der Waals surface area contributed by atoms with Gasteiger partial charge in [-0.1, -0.05) is 36.4 Å². The quantitative estimate of drug-likeness (QED) is 0.402. The fourth-order valence-corrected chi connectivity index (χ4v) is 8.53. The van der Waals surface area contributed by atoms with Crippen molar-refractivity contribution in [3.05, 3.63) is 59.2 Å². The average molecular weight is 489 g/mol. The zero-order valence-electron chi connectivity index (χ0n) is 21.6. The Labute approximate surface area is 214 Å². The van der Waals surface area contributed by atoms with Crippen LogP contribution in [0.5, 0.6) is 11.5 Å². The van der Waals surface area contributed by atoms with Crippen LogP contribution >= 0.6 is 0 Å². The molecule has 0 amide bonds. The molecule has 3 fully saturated rings. The number of rotatable bonds is 8. The van der Waals surface area contributed by atoms with E-state index in [0.717, 1.165) is 60.5 Å². The van der Waals surface area contributed by atoms with Crippen molar-refractivity contribution in [2.24, 2.45) is 5.92 Å². The molecule has 0 radical (unpaired) electrons. The first-order chi connectivity index (χ1) is 17.5. The number of methoxy groups -OCH3 is 1. The topological polar surface area (TPSA) is 44.8 Å². The van der Waals surface area contributed by atoms with Gasteiger partial charge in [0, 0.05) is 37.4 Å². The average Bonchev–Trinajstić information content (AvgIpc) is 3.63. The predicted molar refractivity (Wildman–Crippen MR) is 138 cm³/mol. The Morgan fingerprint density at radius 2 is 1.94 bits per heavy atom. The number of ether oxygens (including phenoxy) is 3. The number of aryl methyl sites for hydroxylation is 1. The number of nitrogens with zero attached hydrogens (tertiary/aromatic N) is 1. The summed E-state index contributed by atoms with van der Waals surface area (Å²) < 4.78 is 20.7. The summed E-state index contributed by atoms with van der Waals surface area (Å²) in [6.07, 6.45) is 7.53. The Bertz CT molecular complexity index is 1190. The van der Waals surface area contributed by atoms with Crippen LogP contribution in [0, 0.1) is 5.92 Å². The van der Waals surface area contributed by atoms with Crippen LogP contribution in [0.25, 0.3) is 0 Å². The molecule has 1 spiro atoms. The molecule has 36 heavy (non-hydrogen) atoms. The van der Waals surface area contributed by atoms with E-state index in [2.05, 4.69) is 43.4 Å². The molecule has 7 rings (SSSR count). The lowest BCUT2D eigenvalue weighted by Gasteiger charge is -2.66. The van der Waals surface area contributed by atoms with E-state index in [0.29, 0.717) is 19.1 Å². The van der Waals surface area contributed by atoms with E-state index in [1.165, 1.54) is 36.1 Å². The molecule has 190 valence electrons. The summed E-state index contributed by atoms with van der Waals surface area (Å²) in [5.41, 5.74) is 3.15. The van der Waals surface area contributed by atoms with Crippen molar-refractivity contribution >= 4 is 5.78 Å². The van der Waals surface area contributed by atoms with Crippen LogP contribution < -0.4 is 9.47 Å². The Kier molecular flexibility index (Phi) is 5.11. The van der Waals surface area contributed by atoms with Gasteiger partial charge < -0.3 is 18.7 Å². The first kappa shape index (κ1) is 22.8. The molecule has 0 N–H and O–H groups in total. The predicted octanol–water partition coefficient (Wildman–Crippen LogP) is 4.63. The smallest absolute Gasteiger partial charge is 0.174 e. The number of likely N-dealkylation sites (tertiary alicyclic amines) is 1. The Hall–Kier alpha value is -2.37. The third kappa shape index (κ3) is 3.05. The van der Waals surface area contributed by atoms with Gasteiger partial charge >= 0.3 is 0 Å². The lowest BCUT2D eigenvalue weighted by Crippen LogP contribution is -2.81. The molecule has 3 aliphatic carbocycles. The summed E-state index contributed by atoms with van der Waals surface area (Å²) in [6, 6.07) is 15.3. The number of benzene rings is 2. The van der Waals surface area contributed by atoms with Crippen molar-refractivity contribution in [3.8, 4) is 11.5 Å². The minimum absolute atomic E-state index is 0.238. The monoisotopic (exact) mass is 488 g/mol. The molecular formula is C31H38NO4+. The molecular weight excluding hydrogens is 450 g/mol. The Morgan fingerprint density at radius 1 is 1.11 bits per heavy atom. The highest BCUT2D eigenvalue weighted by Gasteiger charge is 2.77. The van der Waals surface area contributed by atoms with E-state index in [-0.39, 0.29) is 11.4 Å². The molecule has 2 saturated carbocycles. The molecule has 4 unspecified atom stereocenters. The van der Waals surface area contributed by atoms with Crippen molar-refractivity contribution < 1.29 is 23.5 Å². The second kappa shape index (κ2) is 8.06. The van der Waals surface area contributed by atoms with Crippen molar-refractivity contribution in [3.63, 3.8) is 0 Å². The fraction of sp³-hybridized carbons (Fsp3) is 0.581. The van der Waals surface area contributed by atoms with Gasteiger partial charge in [-0.05, 0) is 49.3 Å². The number of carbonyl (C=O) groups is 1. The molecule has 2 aromatic carbocycles. The van der Waals surface area contributed by atoms with Gasteiger partial charge in [0.25, 0.3) is 0 Å². The third-order valence-electron chi connectivity index (χ3n) is 10.3. The summed E-state index contributed by atoms with van der Waals surface area (Å²) in [4.78, 5) is 13.5. The first-order valence-corrected chi connectivity index (χ1v) is 13.9. The van der Waals surface area contributed by atoms with Gasteiger partial charge in [0.1, 0.15) is 11.6 Å². The lowest BCUT2D eigenvalue weighted by atomic mass is 9.48. The van der Waals surface area contributed by atoms with Gasteiger partial charge in [0.05, 0.1) is 32.7 Å². The Balaban J connectivity index is 1.31. The molecule has 5 atom stereocenters. The second-order valence-electron chi connectivity index (χ2n) is 12.2. The van der Waals surface area contributed by atoms with E-state index in [4.69, 9.17) is 14.2 Å². The van der Waals surface area contributed by atoms with E-state index in [1.807, 2.05) is 6.07 Å². The summed E-state index contributed by atoms with van der Waals surface area (Å²) >= 11 is 0. The molecule has 2 bridgehead atoms. The molecule has 1 saturated heterocycles. The largest absolute Gasteiger partial charge is 0.493 e. The number of likely N-dealkylation sites (N-methyl/N-ethyl adjacent to an activating group) is 1. The summed E-state index contributed by atoms with van der Waals surface area (Å²) in [5.74, 6) is 2.64. The van der Waals surface area contributed by atoms with Crippen LogP contribution in [0.15, 0.2) is 42.5 Å². The van der Waals surface area contributed by atoms with Crippen LogP contribution in [-0.4, -0.2) is 61.9 Å². The number of quaternary nitrogens is 1. The normalized spacial score (nSPS) is 35.8. The zero-order valence-corrected chi connectivity index (χ0v) is 21.6. The van der Waals surface area contributed by atoms with E-state index in [9.17, 15) is 4.79 Å². The van der Waals surface area contributed by atoms with Crippen LogP contribution in [-0.2, 0) is 27.8 Å². The van der Waals surface area contributed by atoms with Crippen molar-refractivity contribution in [2.75, 3.05) is 33.9 Å². The van der Waals surface area contributed by atoms with Crippen LogP contribution in [0.1, 0.15) is 55.2 Å². The van der Waals surface area contributed by atoms with Gasteiger partial charge in [-0.15, -0.1) is 0 Å². The molecule has 0 aromatic heterocycles. The first-order valence-electron chi connectivity index (χ1n) is 13.9.